The molecule has 0 aliphatic heterocycles. The van der Waals surface area contributed by atoms with Gasteiger partial charge in [-0.1, -0.05) is 0 Å². The van der Waals surface area contributed by atoms with Crippen LogP contribution >= 0.6 is 0 Å². The molecular weight excluding hydrogens is 236 g/mol. The first-order chi connectivity index (χ1) is 8.52. The van der Waals surface area contributed by atoms with Crippen LogP contribution in [-0.2, 0) is 6.42 Å². The molecule has 2 aromatic rings. The van der Waals surface area contributed by atoms with E-state index in [4.69, 9.17) is 9.84 Å². The molecule has 0 aliphatic rings. The van der Waals surface area contributed by atoms with Gasteiger partial charge < -0.3 is 19.4 Å². The zero-order chi connectivity index (χ0) is 13.3. The molecule has 96 valence electrons. The highest BCUT2D eigenvalue weighted by Crippen LogP contribution is 2.20. The maximum atomic E-state index is 11.1. The van der Waals surface area contributed by atoms with Crippen molar-refractivity contribution in [2.75, 3.05) is 7.11 Å². The zero-order valence-corrected chi connectivity index (χ0v) is 10.1. The molecule has 2 rings (SSSR count). The normalized spacial score (nSPS) is 12.6. The van der Waals surface area contributed by atoms with Crippen LogP contribution in [0.5, 0.6) is 5.75 Å². The Hall–Kier alpha value is -2.08. The summed E-state index contributed by atoms with van der Waals surface area (Å²) in [6.07, 6.45) is 1.39. The molecular formula is C12H14N2O4. The van der Waals surface area contributed by atoms with E-state index in [1.165, 1.54) is 7.11 Å². The van der Waals surface area contributed by atoms with Crippen molar-refractivity contribution >= 4 is 11.5 Å². The van der Waals surface area contributed by atoms with Gasteiger partial charge in [-0.3, -0.25) is 0 Å². The lowest BCUT2D eigenvalue weighted by Crippen LogP contribution is -2.08. The molecule has 6 heteroatoms. The van der Waals surface area contributed by atoms with E-state index in [2.05, 4.69) is 4.98 Å². The van der Waals surface area contributed by atoms with E-state index in [1.54, 1.807) is 29.7 Å². The van der Waals surface area contributed by atoms with Crippen LogP contribution in [0.25, 0.3) is 5.52 Å². The number of aliphatic hydroxyl groups is 1. The molecule has 0 saturated heterocycles. The molecule has 0 fully saturated rings. The lowest BCUT2D eigenvalue weighted by molar-refractivity contribution is 0.0693. The summed E-state index contributed by atoms with van der Waals surface area (Å²) >= 11 is 0. The van der Waals surface area contributed by atoms with Gasteiger partial charge in [-0.25, -0.2) is 9.78 Å². The smallest absolute Gasteiger partial charge is 0.356 e. The van der Waals surface area contributed by atoms with Crippen molar-refractivity contribution in [3.05, 3.63) is 29.8 Å². The van der Waals surface area contributed by atoms with Gasteiger partial charge in [-0.05, 0) is 13.0 Å². The Morgan fingerprint density at radius 1 is 1.61 bits per heavy atom. The molecule has 2 aromatic heterocycles. The summed E-state index contributed by atoms with van der Waals surface area (Å²) in [5, 5.41) is 18.5. The number of ether oxygens (including phenoxy) is 1. The first kappa shape index (κ1) is 12.4. The highest BCUT2D eigenvalue weighted by molar-refractivity contribution is 5.94. The van der Waals surface area contributed by atoms with Gasteiger partial charge in [0.05, 0.1) is 18.7 Å². The highest BCUT2D eigenvalue weighted by Gasteiger charge is 2.18. The maximum absolute atomic E-state index is 11.1. The zero-order valence-electron chi connectivity index (χ0n) is 10.1. The third kappa shape index (κ3) is 2.14. The fourth-order valence-corrected chi connectivity index (χ4v) is 1.82. The fraction of sp³-hybridized carbons (Fsp3) is 0.333. The van der Waals surface area contributed by atoms with Gasteiger partial charge in [-0.15, -0.1) is 0 Å². The summed E-state index contributed by atoms with van der Waals surface area (Å²) < 4.78 is 6.72. The Morgan fingerprint density at radius 2 is 2.33 bits per heavy atom. The van der Waals surface area contributed by atoms with E-state index >= 15 is 0 Å². The number of imidazole rings is 1. The molecule has 0 saturated carbocycles. The van der Waals surface area contributed by atoms with Gasteiger partial charge in [0.1, 0.15) is 11.6 Å². The van der Waals surface area contributed by atoms with Crippen LogP contribution in [0, 0.1) is 0 Å². The van der Waals surface area contributed by atoms with Crippen LogP contribution < -0.4 is 4.74 Å². The van der Waals surface area contributed by atoms with Crippen molar-refractivity contribution in [1.82, 2.24) is 9.38 Å². The maximum Gasteiger partial charge on any atom is 0.356 e. The Labute approximate surface area is 103 Å². The van der Waals surface area contributed by atoms with E-state index < -0.39 is 12.1 Å². The molecule has 0 bridgehead atoms. The van der Waals surface area contributed by atoms with Crippen molar-refractivity contribution in [2.24, 2.45) is 0 Å². The molecule has 18 heavy (non-hydrogen) atoms. The number of aliphatic hydroxyl groups excluding tert-OH is 1. The second kappa shape index (κ2) is 4.66. The number of aromatic carboxylic acids is 1. The predicted molar refractivity (Wildman–Crippen MR) is 64.1 cm³/mol. The quantitative estimate of drug-likeness (QED) is 0.844. The predicted octanol–water partition coefficient (Wildman–Crippen LogP) is 0.964. The standard InChI is InChI=1S/C12H14N2O4/c1-7(15)5-10-13-11(12(16)17)9-6-8(18-2)3-4-14(9)10/h3-4,6-7,15H,5H2,1-2H3,(H,16,17). The van der Waals surface area contributed by atoms with Crippen LogP contribution in [-0.4, -0.2) is 38.8 Å². The van der Waals surface area contributed by atoms with Crippen LogP contribution in [0.2, 0.25) is 0 Å². The minimum absolute atomic E-state index is 0.0375. The second-order valence-electron chi connectivity index (χ2n) is 4.06. The summed E-state index contributed by atoms with van der Waals surface area (Å²) in [5.74, 6) is -0.0221. The van der Waals surface area contributed by atoms with Crippen LogP contribution in [0.3, 0.4) is 0 Å². The van der Waals surface area contributed by atoms with E-state index in [1.807, 2.05) is 0 Å². The van der Waals surface area contributed by atoms with Crippen LogP contribution in [0.4, 0.5) is 0 Å². The molecule has 1 atom stereocenters. The molecule has 0 aliphatic carbocycles. The number of hydrogen-bond donors (Lipinski definition) is 2. The van der Waals surface area contributed by atoms with Gasteiger partial charge in [-0.2, -0.15) is 0 Å². The number of pyridine rings is 1. The Balaban J connectivity index is 2.64. The average molecular weight is 250 g/mol. The molecule has 0 spiro atoms. The number of carboxylic acid groups (broad SMARTS) is 1. The SMILES string of the molecule is COc1ccn2c(CC(C)O)nc(C(=O)O)c2c1. The number of carboxylic acids is 1. The summed E-state index contributed by atoms with van der Waals surface area (Å²) in [6, 6.07) is 3.33. The summed E-state index contributed by atoms with van der Waals surface area (Å²) in [7, 11) is 1.51. The molecule has 6 nitrogen and oxygen atoms in total. The number of methoxy groups -OCH3 is 1. The van der Waals surface area contributed by atoms with Crippen molar-refractivity contribution in [1.29, 1.82) is 0 Å². The van der Waals surface area contributed by atoms with Crippen LogP contribution in [0.1, 0.15) is 23.2 Å². The Morgan fingerprint density at radius 3 is 2.89 bits per heavy atom. The third-order valence-corrected chi connectivity index (χ3v) is 2.60. The van der Waals surface area contributed by atoms with Gasteiger partial charge >= 0.3 is 5.97 Å². The van der Waals surface area contributed by atoms with Crippen molar-refractivity contribution in [3.8, 4) is 5.75 Å². The van der Waals surface area contributed by atoms with Crippen LogP contribution in [0.15, 0.2) is 18.3 Å². The van der Waals surface area contributed by atoms with E-state index in [-0.39, 0.29) is 5.69 Å². The molecule has 0 radical (unpaired) electrons. The van der Waals surface area contributed by atoms with E-state index in [9.17, 15) is 9.90 Å². The number of aromatic nitrogens is 2. The third-order valence-electron chi connectivity index (χ3n) is 2.60. The average Bonchev–Trinajstić information content (AvgIpc) is 2.66. The molecule has 2 heterocycles. The highest BCUT2D eigenvalue weighted by atomic mass is 16.5. The van der Waals surface area contributed by atoms with Gasteiger partial charge in [0.25, 0.3) is 0 Å². The number of rotatable bonds is 4. The lowest BCUT2D eigenvalue weighted by Gasteiger charge is -2.04. The molecule has 0 amide bonds. The summed E-state index contributed by atoms with van der Waals surface area (Å²) in [4.78, 5) is 15.2. The van der Waals surface area contributed by atoms with Crippen molar-refractivity contribution in [2.45, 2.75) is 19.4 Å². The van der Waals surface area contributed by atoms with Gasteiger partial charge in [0, 0.05) is 18.7 Å². The number of carbonyl (C=O) groups is 1. The lowest BCUT2D eigenvalue weighted by atomic mass is 10.3. The monoisotopic (exact) mass is 250 g/mol. The largest absolute Gasteiger partial charge is 0.497 e. The first-order valence-corrected chi connectivity index (χ1v) is 5.49. The topological polar surface area (TPSA) is 84.1 Å². The first-order valence-electron chi connectivity index (χ1n) is 5.49. The summed E-state index contributed by atoms with van der Waals surface area (Å²) in [6.45, 7) is 1.63. The number of fused-ring (bicyclic) bond motifs is 1. The minimum Gasteiger partial charge on any atom is -0.497 e. The molecule has 0 aromatic carbocycles. The minimum atomic E-state index is -1.10. The number of nitrogens with zero attached hydrogens (tertiary/aromatic N) is 2. The van der Waals surface area contributed by atoms with Gasteiger partial charge in [0.2, 0.25) is 0 Å². The van der Waals surface area contributed by atoms with Crippen molar-refractivity contribution in [3.63, 3.8) is 0 Å². The molecule has 1 unspecified atom stereocenters. The second-order valence-corrected chi connectivity index (χ2v) is 4.06. The summed E-state index contributed by atoms with van der Waals surface area (Å²) in [5.41, 5.74) is 0.419. The van der Waals surface area contributed by atoms with E-state index in [0.29, 0.717) is 23.5 Å². The van der Waals surface area contributed by atoms with Crippen molar-refractivity contribution < 1.29 is 19.7 Å². The Bertz CT molecular complexity index is 589. The van der Waals surface area contributed by atoms with E-state index in [0.717, 1.165) is 0 Å². The number of hydrogen-bond acceptors (Lipinski definition) is 4. The Kier molecular flexibility index (Phi) is 3.20. The fourth-order valence-electron chi connectivity index (χ4n) is 1.82. The van der Waals surface area contributed by atoms with Gasteiger partial charge in [0.15, 0.2) is 5.69 Å². The molecule has 2 N–H and O–H groups in total.